The van der Waals surface area contributed by atoms with E-state index in [0.29, 0.717) is 21.4 Å². The smallest absolute Gasteiger partial charge is 0.268 e. The molecule has 0 aliphatic carbocycles. The quantitative estimate of drug-likeness (QED) is 0.666. The molecule has 3 N–H and O–H groups in total. The molecule has 138 valence electrons. The summed E-state index contributed by atoms with van der Waals surface area (Å²) in [6.07, 6.45) is 0. The van der Waals surface area contributed by atoms with E-state index in [2.05, 4.69) is 4.98 Å². The molecule has 0 saturated carbocycles. The van der Waals surface area contributed by atoms with Crippen LogP contribution in [0, 0.1) is 22.7 Å². The van der Waals surface area contributed by atoms with Gasteiger partial charge in [0, 0.05) is 5.56 Å². The first-order chi connectivity index (χ1) is 13.4. The Hall–Kier alpha value is -3.45. The zero-order chi connectivity index (χ0) is 20.3. The van der Waals surface area contributed by atoms with Crippen molar-refractivity contribution in [1.82, 2.24) is 4.98 Å². The van der Waals surface area contributed by atoms with Gasteiger partial charge in [0.2, 0.25) is 0 Å². The molecule has 1 aromatic heterocycles. The van der Waals surface area contributed by atoms with Crippen molar-refractivity contribution in [3.63, 3.8) is 0 Å². The number of nitrogens with two attached hydrogens (primary N) is 1. The lowest BCUT2D eigenvalue weighted by Crippen LogP contribution is -2.16. The number of pyridine rings is 1. The van der Waals surface area contributed by atoms with Gasteiger partial charge in [0.15, 0.2) is 0 Å². The number of nitrogens with one attached hydrogen (secondary N) is 1. The fraction of sp³-hybridized carbons (Fsp3) is 0.0500. The molecule has 0 unspecified atom stereocenters. The van der Waals surface area contributed by atoms with E-state index in [0.717, 1.165) is 5.56 Å². The van der Waals surface area contributed by atoms with Gasteiger partial charge in [0.25, 0.3) is 5.56 Å². The number of aromatic amines is 1. The van der Waals surface area contributed by atoms with Crippen molar-refractivity contribution in [3.05, 3.63) is 79.6 Å². The molecule has 0 bridgehead atoms. The van der Waals surface area contributed by atoms with Crippen LogP contribution in [0.4, 0.5) is 5.82 Å². The number of nitrogens with zero attached hydrogens (tertiary/aromatic N) is 2. The van der Waals surface area contributed by atoms with Crippen molar-refractivity contribution in [1.29, 1.82) is 10.5 Å². The molecule has 3 rings (SSSR count). The van der Waals surface area contributed by atoms with Crippen molar-refractivity contribution in [2.75, 3.05) is 5.73 Å². The van der Waals surface area contributed by atoms with Crippen molar-refractivity contribution in [3.8, 4) is 29.0 Å². The maximum absolute atomic E-state index is 12.1. The van der Waals surface area contributed by atoms with Crippen LogP contribution in [-0.2, 0) is 6.61 Å². The summed E-state index contributed by atoms with van der Waals surface area (Å²) >= 11 is 11.9. The van der Waals surface area contributed by atoms with Crippen molar-refractivity contribution >= 4 is 29.0 Å². The largest absolute Gasteiger partial charge is 0.489 e. The highest BCUT2D eigenvalue weighted by Gasteiger charge is 2.18. The van der Waals surface area contributed by atoms with Crippen LogP contribution in [0.3, 0.4) is 0 Å². The van der Waals surface area contributed by atoms with Gasteiger partial charge < -0.3 is 15.5 Å². The maximum Gasteiger partial charge on any atom is 0.268 e. The van der Waals surface area contributed by atoms with Crippen molar-refractivity contribution in [2.45, 2.75) is 6.61 Å². The first-order valence-electron chi connectivity index (χ1n) is 7.97. The van der Waals surface area contributed by atoms with Crippen LogP contribution >= 0.6 is 23.2 Å². The Bertz CT molecular complexity index is 1210. The number of halogens is 2. The standard InChI is InChI=1S/C20H12Cl2N4O2/c21-16-5-4-11(6-17(16)22)10-28-13-3-1-2-12(7-13)18-14(8-23)19(25)26-20(27)15(18)9-24/h1-7H,10H2,(H3,25,26,27). The van der Waals surface area contributed by atoms with Gasteiger partial charge in [-0.25, -0.2) is 0 Å². The van der Waals surface area contributed by atoms with E-state index in [1.807, 2.05) is 12.1 Å². The van der Waals surface area contributed by atoms with E-state index in [1.165, 1.54) is 0 Å². The SMILES string of the molecule is N#Cc1c(N)[nH]c(=O)c(C#N)c1-c1cccc(OCc2ccc(Cl)c(Cl)c2)c1. The monoisotopic (exact) mass is 410 g/mol. The molecule has 0 aliphatic heterocycles. The van der Waals surface area contributed by atoms with Gasteiger partial charge in [0.1, 0.15) is 41.4 Å². The van der Waals surface area contributed by atoms with Gasteiger partial charge >= 0.3 is 0 Å². The molecule has 28 heavy (non-hydrogen) atoms. The number of hydrogen-bond acceptors (Lipinski definition) is 5. The van der Waals surface area contributed by atoms with E-state index < -0.39 is 5.56 Å². The molecule has 6 nitrogen and oxygen atoms in total. The minimum Gasteiger partial charge on any atom is -0.489 e. The number of nitriles is 2. The molecule has 1 heterocycles. The zero-order valence-corrected chi connectivity index (χ0v) is 15.8. The average molecular weight is 411 g/mol. The molecule has 0 spiro atoms. The minimum atomic E-state index is -0.656. The number of benzene rings is 2. The van der Waals surface area contributed by atoms with E-state index in [9.17, 15) is 15.3 Å². The highest BCUT2D eigenvalue weighted by atomic mass is 35.5. The summed E-state index contributed by atoms with van der Waals surface area (Å²) in [4.78, 5) is 14.4. The van der Waals surface area contributed by atoms with Crippen LogP contribution in [0.1, 0.15) is 16.7 Å². The van der Waals surface area contributed by atoms with Crippen LogP contribution in [0.15, 0.2) is 47.3 Å². The number of H-pyrrole nitrogens is 1. The summed E-state index contributed by atoms with van der Waals surface area (Å²) in [6, 6.07) is 15.7. The van der Waals surface area contributed by atoms with Gasteiger partial charge in [0.05, 0.1) is 10.0 Å². The third-order valence-electron chi connectivity index (χ3n) is 3.98. The second kappa shape index (κ2) is 8.06. The van der Waals surface area contributed by atoms with E-state index in [1.54, 1.807) is 42.5 Å². The number of hydrogen-bond donors (Lipinski definition) is 2. The summed E-state index contributed by atoms with van der Waals surface area (Å²) in [5, 5.41) is 19.7. The first kappa shape index (κ1) is 19.3. The third-order valence-corrected chi connectivity index (χ3v) is 4.72. The molecular formula is C20H12Cl2N4O2. The lowest BCUT2D eigenvalue weighted by Gasteiger charge is -2.11. The van der Waals surface area contributed by atoms with Crippen LogP contribution < -0.4 is 16.0 Å². The van der Waals surface area contributed by atoms with E-state index >= 15 is 0 Å². The van der Waals surface area contributed by atoms with Crippen LogP contribution in [-0.4, -0.2) is 4.98 Å². The fourth-order valence-electron chi connectivity index (χ4n) is 2.67. The van der Waals surface area contributed by atoms with Gasteiger partial charge in [-0.15, -0.1) is 0 Å². The summed E-state index contributed by atoms with van der Waals surface area (Å²) in [6.45, 7) is 0.230. The Balaban J connectivity index is 1.98. The lowest BCUT2D eigenvalue weighted by molar-refractivity contribution is 0.306. The molecule has 8 heteroatoms. The van der Waals surface area contributed by atoms with E-state index in [-0.39, 0.29) is 29.1 Å². The minimum absolute atomic E-state index is 0.0257. The van der Waals surface area contributed by atoms with Crippen LogP contribution in [0.5, 0.6) is 5.75 Å². The van der Waals surface area contributed by atoms with Crippen LogP contribution in [0.2, 0.25) is 10.0 Å². The predicted octanol–water partition coefficient (Wildman–Crippen LogP) is 4.25. The average Bonchev–Trinajstić information content (AvgIpc) is 2.68. The second-order valence-electron chi connectivity index (χ2n) is 5.78. The number of nitrogen functional groups attached to an aromatic ring is 1. The molecule has 0 aliphatic rings. The Labute approximate surface area is 170 Å². The van der Waals surface area contributed by atoms with E-state index in [4.69, 9.17) is 33.7 Å². The molecular weight excluding hydrogens is 399 g/mol. The third kappa shape index (κ3) is 3.79. The molecule has 2 aromatic carbocycles. The number of ether oxygens (including phenoxy) is 1. The summed E-state index contributed by atoms with van der Waals surface area (Å²) in [7, 11) is 0. The summed E-state index contributed by atoms with van der Waals surface area (Å²) in [5.41, 5.74) is 6.39. The molecule has 0 atom stereocenters. The summed E-state index contributed by atoms with van der Waals surface area (Å²) in [5.74, 6) is 0.388. The summed E-state index contributed by atoms with van der Waals surface area (Å²) < 4.78 is 5.77. The Morgan fingerprint density at radius 3 is 2.46 bits per heavy atom. The van der Waals surface area contributed by atoms with Crippen LogP contribution in [0.25, 0.3) is 11.1 Å². The predicted molar refractivity (Wildman–Crippen MR) is 107 cm³/mol. The fourth-order valence-corrected chi connectivity index (χ4v) is 2.99. The highest BCUT2D eigenvalue weighted by Crippen LogP contribution is 2.31. The normalized spacial score (nSPS) is 10.1. The van der Waals surface area contributed by atoms with Crippen molar-refractivity contribution < 1.29 is 4.74 Å². The Morgan fingerprint density at radius 1 is 1.04 bits per heavy atom. The number of rotatable bonds is 4. The Kier molecular flexibility index (Phi) is 5.56. The topological polar surface area (TPSA) is 116 Å². The van der Waals surface area contributed by atoms with Gasteiger partial charge in [-0.3, -0.25) is 4.79 Å². The maximum atomic E-state index is 12.1. The number of aromatic nitrogens is 1. The molecule has 0 radical (unpaired) electrons. The molecule has 0 saturated heterocycles. The van der Waals surface area contributed by atoms with Gasteiger partial charge in [-0.2, -0.15) is 10.5 Å². The second-order valence-corrected chi connectivity index (χ2v) is 6.60. The molecule has 0 amide bonds. The van der Waals surface area contributed by atoms with Crippen molar-refractivity contribution in [2.24, 2.45) is 0 Å². The molecule has 0 fully saturated rings. The van der Waals surface area contributed by atoms with Gasteiger partial charge in [-0.05, 0) is 35.4 Å². The molecule has 3 aromatic rings. The Morgan fingerprint density at radius 2 is 1.79 bits per heavy atom. The van der Waals surface area contributed by atoms with Gasteiger partial charge in [-0.1, -0.05) is 41.4 Å². The number of anilines is 1. The first-order valence-corrected chi connectivity index (χ1v) is 8.73. The zero-order valence-electron chi connectivity index (χ0n) is 14.3. The highest BCUT2D eigenvalue weighted by molar-refractivity contribution is 6.42. The lowest BCUT2D eigenvalue weighted by atomic mass is 9.96.